The van der Waals surface area contributed by atoms with Crippen molar-refractivity contribution in [1.29, 1.82) is 0 Å². The molecule has 110 heavy (non-hydrogen) atoms. The fourth-order valence-electron chi connectivity index (χ4n) is 11.0. The molecule has 0 saturated carbocycles. The van der Waals surface area contributed by atoms with Crippen LogP contribution in [-0.4, -0.2) is 223 Å². The molecule has 0 bridgehead atoms. The number of hydrogen-bond acceptors (Lipinski definition) is 20. The van der Waals surface area contributed by atoms with Crippen LogP contribution < -0.4 is 98.2 Å². The molecule has 13 atom stereocenters. The number of benzene rings is 1. The zero-order valence-electron chi connectivity index (χ0n) is 64.1. The first-order valence-corrected chi connectivity index (χ1v) is 37.8. The minimum Gasteiger partial charge on any atom is -0.480 e. The summed E-state index contributed by atoms with van der Waals surface area (Å²) in [5.41, 5.74) is 34.9. The van der Waals surface area contributed by atoms with Crippen molar-refractivity contribution in [2.75, 3.05) is 25.1 Å². The number of guanidine groups is 2. The van der Waals surface area contributed by atoms with Gasteiger partial charge >= 0.3 is 5.97 Å². The first-order chi connectivity index (χ1) is 51.9. The van der Waals surface area contributed by atoms with Crippen LogP contribution in [0.5, 0.6) is 0 Å². The fraction of sp³-hybridized carbons (Fsp3) is 0.600. The van der Waals surface area contributed by atoms with Gasteiger partial charge in [-0.05, 0) is 114 Å². The number of thioether (sulfide) groups is 1. The number of carbonyl (C=O) groups excluding carboxylic acids is 13. The van der Waals surface area contributed by atoms with E-state index in [1.165, 1.54) is 57.6 Å². The number of amides is 13. The Morgan fingerprint density at radius 2 is 0.745 bits per heavy atom. The Morgan fingerprint density at radius 3 is 1.10 bits per heavy atom. The van der Waals surface area contributed by atoms with Crippen molar-refractivity contribution in [1.82, 2.24) is 83.7 Å². The van der Waals surface area contributed by atoms with Gasteiger partial charge in [0.2, 0.25) is 76.8 Å². The largest absolute Gasteiger partial charge is 0.480 e. The van der Waals surface area contributed by atoms with Gasteiger partial charge in [0.05, 0.1) is 18.7 Å². The Labute approximate surface area is 643 Å². The van der Waals surface area contributed by atoms with Gasteiger partial charge in [-0.25, -0.2) is 14.8 Å². The molecule has 39 nitrogen and oxygen atoms in total. The van der Waals surface area contributed by atoms with Crippen molar-refractivity contribution < 1.29 is 72.2 Å². The molecule has 13 amide bonds. The summed E-state index contributed by atoms with van der Waals surface area (Å²) in [5, 5.41) is 41.3. The molecule has 0 aliphatic carbocycles. The van der Waals surface area contributed by atoms with E-state index >= 15 is 0 Å². The van der Waals surface area contributed by atoms with Gasteiger partial charge in [-0.3, -0.25) is 72.3 Å². The van der Waals surface area contributed by atoms with Crippen molar-refractivity contribution in [3.63, 3.8) is 0 Å². The van der Waals surface area contributed by atoms with Gasteiger partial charge in [0.25, 0.3) is 0 Å². The number of primary amides is 1. The second-order valence-electron chi connectivity index (χ2n) is 28.0. The lowest BCUT2D eigenvalue weighted by molar-refractivity contribution is -0.142. The molecule has 0 spiro atoms. The number of rotatable bonds is 51. The molecule has 610 valence electrons. The number of aromatic nitrogens is 4. The Balaban J connectivity index is 1.96. The molecule has 0 aliphatic heterocycles. The van der Waals surface area contributed by atoms with Crippen LogP contribution in [0.2, 0.25) is 0 Å². The lowest BCUT2D eigenvalue weighted by atomic mass is 10.0. The molecule has 2 heterocycles. The zero-order chi connectivity index (χ0) is 82.3. The Kier molecular flexibility index (Phi) is 41.1. The molecule has 3 rings (SSSR count). The fourth-order valence-corrected chi connectivity index (χ4v) is 11.4. The Morgan fingerprint density at radius 1 is 0.418 bits per heavy atom. The van der Waals surface area contributed by atoms with E-state index in [1.807, 2.05) is 20.1 Å². The second-order valence-corrected chi connectivity index (χ2v) is 29.0. The maximum Gasteiger partial charge on any atom is 0.326 e. The van der Waals surface area contributed by atoms with Crippen LogP contribution in [-0.2, 0) is 86.4 Å². The standard InChI is InChI=1S/C70H114N24O15S/c1-36(2)26-49(63(103)84-41(9)58(98)94-54(68(108)109)29-42-16-12-11-13-17-42)90-61(101)47(20-21-55(72)95)88-67(107)53(31-44-33-78-35-82-44)93-65(105)51(28-38(5)6)91-60(100)46(19-15-24-80-70(75)76)87-66(106)52(30-43-32-77-34-81-43)89-57(97)40(8)83-59(99)45(18-14-23-79-69(73)74)86-64(104)50(27-37(3)4)92-62(102)48(22-25-110-10)85-56(96)39(7)71/h11-13,16-17,32-41,45-54H,14-15,18-31,71H2,1-10H3,(H2,72,95)(H,77,81)(H,78,82)(H,83,99)(H,84,103)(H,85,96)(H,86,104)(H,87,106)(H,88,107)(H,89,97)(H,90,101)(H,91,100)(H,92,102)(H,93,105)(H,94,98)(H,108,109)(H4,73,74,79)(H4,75,76,80)/t39-,40-,41-,45-,46-,47-,48-,49-,50-,51-,52-,53-,54-/m0/s1. The third kappa shape index (κ3) is 35.9. The van der Waals surface area contributed by atoms with E-state index in [0.717, 1.165) is 0 Å². The van der Waals surface area contributed by atoms with Crippen LogP contribution in [0.3, 0.4) is 0 Å². The summed E-state index contributed by atoms with van der Waals surface area (Å²) in [4.78, 5) is 216. The SMILES string of the molecule is CSCC[C@H](NC(=O)[C@H](C)N)C(=O)N[C@@H](CC(C)C)C(=O)N[C@@H](CCCN=C(N)N)C(=O)N[C@@H](C)C(=O)N[C@@H](Cc1cnc[nH]1)C(=O)N[C@@H](CCCN=C(N)N)C(=O)N[C@@H](CC(C)C)C(=O)N[C@@H](Cc1cnc[nH]1)C(=O)N[C@@H](CCC(N)=O)C(=O)N[C@@H](CC(C)C)C(=O)N[C@@H](C)C(=O)N[C@@H](Cc1ccccc1)C(=O)O. The first kappa shape index (κ1) is 93.3. The lowest BCUT2D eigenvalue weighted by Crippen LogP contribution is -2.61. The maximum absolute atomic E-state index is 14.8. The summed E-state index contributed by atoms with van der Waals surface area (Å²) in [6.07, 6.45) is 5.81. The number of nitrogens with one attached hydrogen (secondary N) is 14. The van der Waals surface area contributed by atoms with Gasteiger partial charge in [0.15, 0.2) is 11.9 Å². The van der Waals surface area contributed by atoms with Crippen LogP contribution in [0.25, 0.3) is 0 Å². The highest BCUT2D eigenvalue weighted by Crippen LogP contribution is 2.15. The molecule has 0 fully saturated rings. The van der Waals surface area contributed by atoms with Gasteiger partial charge < -0.3 is 113 Å². The molecular formula is C70H114N24O15S. The van der Waals surface area contributed by atoms with Crippen LogP contribution in [0.1, 0.15) is 143 Å². The summed E-state index contributed by atoms with van der Waals surface area (Å²) in [6, 6.07) is -9.20. The second kappa shape index (κ2) is 48.5. The average Bonchev–Trinajstić information content (AvgIpc) is 1.02. The highest BCUT2D eigenvalue weighted by Gasteiger charge is 2.38. The number of carboxylic acids is 1. The van der Waals surface area contributed by atoms with Crippen molar-refractivity contribution in [3.05, 3.63) is 72.3 Å². The van der Waals surface area contributed by atoms with Gasteiger partial charge in [-0.1, -0.05) is 71.9 Å². The van der Waals surface area contributed by atoms with Gasteiger partial charge in [0, 0.05) is 62.6 Å². The Bertz CT molecular complexity index is 3560. The van der Waals surface area contributed by atoms with E-state index in [-0.39, 0.29) is 113 Å². The summed E-state index contributed by atoms with van der Waals surface area (Å²) < 4.78 is 0. The summed E-state index contributed by atoms with van der Waals surface area (Å²) in [6.45, 7) is 14.7. The van der Waals surface area contributed by atoms with E-state index in [4.69, 9.17) is 34.4 Å². The molecule has 40 heteroatoms. The van der Waals surface area contributed by atoms with Crippen LogP contribution in [0.4, 0.5) is 0 Å². The number of imidazole rings is 2. The number of carbonyl (C=O) groups is 14. The van der Waals surface area contributed by atoms with Crippen LogP contribution in [0, 0.1) is 17.8 Å². The van der Waals surface area contributed by atoms with Crippen LogP contribution in [0.15, 0.2) is 65.4 Å². The number of H-pyrrole nitrogens is 2. The number of carboxylic acid groups (broad SMARTS) is 1. The van der Waals surface area contributed by atoms with Crippen molar-refractivity contribution in [2.24, 2.45) is 62.1 Å². The predicted molar refractivity (Wildman–Crippen MR) is 410 cm³/mol. The van der Waals surface area contributed by atoms with E-state index in [2.05, 4.69) is 93.7 Å². The number of nitrogens with two attached hydrogens (primary N) is 6. The maximum atomic E-state index is 14.8. The van der Waals surface area contributed by atoms with Crippen LogP contribution >= 0.6 is 11.8 Å². The number of aliphatic imine (C=N–C) groups is 2. The smallest absolute Gasteiger partial charge is 0.326 e. The summed E-state index contributed by atoms with van der Waals surface area (Å²) in [7, 11) is 0. The number of hydrogen-bond donors (Lipinski definition) is 21. The Hall–Kier alpha value is -10.9. The molecule has 0 saturated heterocycles. The van der Waals surface area contributed by atoms with Crippen molar-refractivity contribution in [3.8, 4) is 0 Å². The minimum absolute atomic E-state index is 0.0100. The summed E-state index contributed by atoms with van der Waals surface area (Å²) in [5.74, 6) is -13.3. The van der Waals surface area contributed by atoms with Gasteiger partial charge in [-0.15, -0.1) is 0 Å². The normalized spacial score (nSPS) is 14.7. The molecule has 0 radical (unpaired) electrons. The van der Waals surface area contributed by atoms with E-state index in [9.17, 15) is 72.2 Å². The topological polar surface area (TPSA) is 642 Å². The van der Waals surface area contributed by atoms with E-state index in [0.29, 0.717) is 22.7 Å². The first-order valence-electron chi connectivity index (χ1n) is 36.4. The average molecular weight is 1560 g/mol. The highest BCUT2D eigenvalue weighted by atomic mass is 32.2. The molecule has 2 aromatic heterocycles. The number of aromatic amines is 2. The molecule has 0 unspecified atom stereocenters. The van der Waals surface area contributed by atoms with Gasteiger partial charge in [-0.2, -0.15) is 11.8 Å². The molecule has 3 aromatic rings. The number of aliphatic carboxylic acids is 1. The molecule has 0 aliphatic rings. The lowest BCUT2D eigenvalue weighted by Gasteiger charge is -2.29. The zero-order valence-corrected chi connectivity index (χ0v) is 64.9. The molecule has 27 N–H and O–H groups in total. The predicted octanol–water partition coefficient (Wildman–Crippen LogP) is -4.29. The number of nitrogens with zero attached hydrogens (tertiary/aromatic N) is 4. The highest BCUT2D eigenvalue weighted by molar-refractivity contribution is 7.98. The third-order valence-electron chi connectivity index (χ3n) is 16.8. The van der Waals surface area contributed by atoms with Crippen molar-refractivity contribution in [2.45, 2.75) is 224 Å². The monoisotopic (exact) mass is 1560 g/mol. The summed E-state index contributed by atoms with van der Waals surface area (Å²) >= 11 is 1.43. The molecule has 1 aromatic carbocycles. The molecular weight excluding hydrogens is 1450 g/mol. The van der Waals surface area contributed by atoms with E-state index < -0.39 is 174 Å². The van der Waals surface area contributed by atoms with Gasteiger partial charge in [0.1, 0.15) is 72.5 Å². The minimum atomic E-state index is -1.60. The van der Waals surface area contributed by atoms with E-state index in [1.54, 1.807) is 58.0 Å². The quantitative estimate of drug-likeness (QED) is 0.0144. The third-order valence-corrected chi connectivity index (χ3v) is 17.4. The van der Waals surface area contributed by atoms with Crippen molar-refractivity contribution >= 4 is 106 Å².